The zero-order chi connectivity index (χ0) is 25.8. The van der Waals surface area contributed by atoms with Crippen LogP contribution >= 0.6 is 22.9 Å². The van der Waals surface area contributed by atoms with Crippen molar-refractivity contribution in [3.8, 4) is 5.75 Å². The Balaban J connectivity index is 1.83. The third-order valence-corrected chi connectivity index (χ3v) is 7.19. The summed E-state index contributed by atoms with van der Waals surface area (Å²) in [6.07, 6.45) is -0.381. The van der Waals surface area contributed by atoms with Gasteiger partial charge in [-0.1, -0.05) is 0 Å². The molecule has 3 aromatic rings. The second kappa shape index (κ2) is 11.5. The van der Waals surface area contributed by atoms with E-state index in [1.807, 2.05) is 64.1 Å². The quantitative estimate of drug-likeness (QED) is 0.264. The van der Waals surface area contributed by atoms with Gasteiger partial charge in [-0.25, -0.2) is 0 Å². The maximum absolute atomic E-state index is 12.4. The summed E-state index contributed by atoms with van der Waals surface area (Å²) in [5.74, 6) is -0.349. The summed E-state index contributed by atoms with van der Waals surface area (Å²) in [6.45, 7) is 7.49. The normalized spacial score (nSPS) is 12.1. The second-order valence-corrected chi connectivity index (χ2v) is 11.4. The number of hydrogen-bond donors (Lipinski definition) is 1. The number of hydrogen-bond acceptors (Lipinski definition) is 7. The molecule has 2 radical (unpaired) electrons. The van der Waals surface area contributed by atoms with E-state index in [2.05, 4.69) is 22.2 Å². The van der Waals surface area contributed by atoms with Gasteiger partial charge in [0.25, 0.3) is 0 Å². The molecule has 1 N–H and O–H groups in total. The summed E-state index contributed by atoms with van der Waals surface area (Å²) < 4.78 is 17.5. The SMILES string of the molecule is COC(=O)c1sc(Nc2cc(COC(=O)C(C)(C)C)ccc2[As])cc1O[C@H](C)c1ccccc1Cl. The number of nitrogens with one attached hydrogen (secondary N) is 1. The number of carbonyl (C=O) groups is 2. The van der Waals surface area contributed by atoms with Gasteiger partial charge in [0.1, 0.15) is 0 Å². The van der Waals surface area contributed by atoms with Crippen molar-refractivity contribution in [3.05, 3.63) is 69.6 Å². The standard InChI is InChI=1S/C26H27AsClNO5S/c1-15(17-8-6-7-9-19(17)28)34-21-13-22(35-23(21)24(30)32-5)29-20-12-16(10-11-18(20)27)14-33-25(31)26(2,3)4/h6-13,15,29H,14H2,1-5H3/t15-/m1/s1. The summed E-state index contributed by atoms with van der Waals surface area (Å²) in [4.78, 5) is 24.9. The molecule has 3 rings (SSSR count). The molecule has 2 aromatic carbocycles. The van der Waals surface area contributed by atoms with E-state index in [0.29, 0.717) is 20.7 Å². The summed E-state index contributed by atoms with van der Waals surface area (Å²) >= 11 is 10.0. The number of halogens is 1. The van der Waals surface area contributed by atoms with Crippen molar-refractivity contribution >= 4 is 66.8 Å². The molecule has 0 amide bonds. The molecule has 0 saturated carbocycles. The van der Waals surface area contributed by atoms with E-state index in [0.717, 1.165) is 21.2 Å². The van der Waals surface area contributed by atoms with Crippen LogP contribution in [-0.2, 0) is 20.9 Å². The first-order chi connectivity index (χ1) is 16.5. The molecule has 0 spiro atoms. The van der Waals surface area contributed by atoms with Crippen LogP contribution in [0, 0.1) is 5.41 Å². The Kier molecular flexibility index (Phi) is 8.92. The van der Waals surface area contributed by atoms with Crippen molar-refractivity contribution in [1.29, 1.82) is 0 Å². The van der Waals surface area contributed by atoms with Gasteiger partial charge >= 0.3 is 224 Å². The number of thiophene rings is 1. The fourth-order valence-corrected chi connectivity index (χ4v) is 4.71. The van der Waals surface area contributed by atoms with E-state index in [4.69, 9.17) is 25.8 Å². The molecule has 0 aliphatic rings. The minimum absolute atomic E-state index is 0.166. The van der Waals surface area contributed by atoms with Crippen LogP contribution in [0.4, 0.5) is 10.7 Å². The number of esters is 2. The van der Waals surface area contributed by atoms with Crippen molar-refractivity contribution in [2.24, 2.45) is 5.41 Å². The van der Waals surface area contributed by atoms with Gasteiger partial charge in [0.05, 0.1) is 0 Å². The predicted octanol–water partition coefficient (Wildman–Crippen LogP) is 5.95. The second-order valence-electron chi connectivity index (χ2n) is 8.88. The molecule has 1 aromatic heterocycles. The molecule has 35 heavy (non-hydrogen) atoms. The van der Waals surface area contributed by atoms with Crippen LogP contribution in [0.25, 0.3) is 0 Å². The first-order valence-electron chi connectivity index (χ1n) is 10.9. The van der Waals surface area contributed by atoms with Crippen LogP contribution in [0.5, 0.6) is 5.75 Å². The molecule has 0 bridgehead atoms. The number of anilines is 2. The summed E-state index contributed by atoms with van der Waals surface area (Å²) in [6, 6.07) is 14.9. The molecule has 9 heteroatoms. The maximum atomic E-state index is 12.4. The van der Waals surface area contributed by atoms with Crippen molar-refractivity contribution in [2.75, 3.05) is 12.4 Å². The van der Waals surface area contributed by atoms with Crippen LogP contribution in [0.15, 0.2) is 48.5 Å². The van der Waals surface area contributed by atoms with Gasteiger partial charge in [-0.3, -0.25) is 0 Å². The molecule has 1 heterocycles. The monoisotopic (exact) mass is 575 g/mol. The third-order valence-electron chi connectivity index (χ3n) is 5.02. The minimum atomic E-state index is -0.568. The Morgan fingerprint density at radius 1 is 1.14 bits per heavy atom. The van der Waals surface area contributed by atoms with Crippen LogP contribution in [0.3, 0.4) is 0 Å². The van der Waals surface area contributed by atoms with Gasteiger partial charge in [0.15, 0.2) is 0 Å². The Bertz CT molecular complexity index is 1220. The van der Waals surface area contributed by atoms with E-state index in [9.17, 15) is 9.59 Å². The van der Waals surface area contributed by atoms with Crippen LogP contribution in [-0.4, -0.2) is 35.9 Å². The Labute approximate surface area is 223 Å². The zero-order valence-electron chi connectivity index (χ0n) is 20.2. The van der Waals surface area contributed by atoms with Crippen molar-refractivity contribution in [1.82, 2.24) is 0 Å². The van der Waals surface area contributed by atoms with Gasteiger partial charge < -0.3 is 0 Å². The number of methoxy groups -OCH3 is 1. The zero-order valence-corrected chi connectivity index (χ0v) is 23.6. The van der Waals surface area contributed by atoms with E-state index >= 15 is 0 Å². The topological polar surface area (TPSA) is 73.9 Å². The van der Waals surface area contributed by atoms with Gasteiger partial charge in [-0.2, -0.15) is 0 Å². The van der Waals surface area contributed by atoms with E-state index < -0.39 is 11.4 Å². The average Bonchev–Trinajstić information content (AvgIpc) is 3.20. The summed E-state index contributed by atoms with van der Waals surface area (Å²) in [5.41, 5.74) is 1.89. The number of carbonyl (C=O) groups excluding carboxylic acids is 2. The number of rotatable bonds is 8. The molecule has 1 atom stereocenters. The van der Waals surface area contributed by atoms with Crippen molar-refractivity contribution in [2.45, 2.75) is 40.4 Å². The van der Waals surface area contributed by atoms with E-state index in [-0.39, 0.29) is 18.7 Å². The Hall–Kier alpha value is -2.47. The molecule has 184 valence electrons. The van der Waals surface area contributed by atoms with Crippen LogP contribution < -0.4 is 14.4 Å². The van der Waals surface area contributed by atoms with Gasteiger partial charge in [0.2, 0.25) is 0 Å². The van der Waals surface area contributed by atoms with E-state index in [1.165, 1.54) is 18.4 Å². The first-order valence-corrected chi connectivity index (χ1v) is 13.0. The molecule has 0 aliphatic heterocycles. The molecule has 0 fully saturated rings. The molecular formula is C26H27AsClNO5S. The number of benzene rings is 2. The van der Waals surface area contributed by atoms with Gasteiger partial charge in [-0.15, -0.1) is 0 Å². The fourth-order valence-electron chi connectivity index (χ4n) is 3.09. The van der Waals surface area contributed by atoms with E-state index in [1.54, 1.807) is 12.1 Å². The van der Waals surface area contributed by atoms with Gasteiger partial charge in [-0.05, 0) is 0 Å². The van der Waals surface area contributed by atoms with Crippen molar-refractivity contribution < 1.29 is 23.8 Å². The van der Waals surface area contributed by atoms with Crippen LogP contribution in [0.2, 0.25) is 5.02 Å². The Morgan fingerprint density at radius 3 is 2.51 bits per heavy atom. The molecule has 0 unspecified atom stereocenters. The average molecular weight is 576 g/mol. The Morgan fingerprint density at radius 2 is 1.86 bits per heavy atom. The molecular weight excluding hydrogens is 549 g/mol. The first kappa shape index (κ1) is 27.1. The van der Waals surface area contributed by atoms with Gasteiger partial charge in [0, 0.05) is 0 Å². The summed E-state index contributed by atoms with van der Waals surface area (Å²) in [7, 11) is 1.33. The third kappa shape index (κ3) is 7.03. The number of ether oxygens (including phenoxy) is 3. The predicted molar refractivity (Wildman–Crippen MR) is 141 cm³/mol. The fraction of sp³-hybridized carbons (Fsp3) is 0.308. The molecule has 0 aliphatic carbocycles. The van der Waals surface area contributed by atoms with Crippen LogP contribution in [0.1, 0.15) is 54.6 Å². The summed E-state index contributed by atoms with van der Waals surface area (Å²) in [5, 5.41) is 4.63. The van der Waals surface area contributed by atoms with Crippen molar-refractivity contribution in [3.63, 3.8) is 0 Å². The molecule has 6 nitrogen and oxygen atoms in total. The molecule has 0 saturated heterocycles.